The summed E-state index contributed by atoms with van der Waals surface area (Å²) >= 11 is 0. The largest absolute Gasteiger partial charge is 0.377 e. The highest BCUT2D eigenvalue weighted by molar-refractivity contribution is 5.92. The van der Waals surface area contributed by atoms with Gasteiger partial charge in [-0.15, -0.1) is 4.68 Å². The quantitative estimate of drug-likeness (QED) is 0.671. The highest BCUT2D eigenvalue weighted by Gasteiger charge is 2.24. The number of hydrogen-bond donors (Lipinski definition) is 0. The van der Waals surface area contributed by atoms with E-state index in [0.29, 0.717) is 28.0 Å². The standard InChI is InChI=1S/C17H15F2N5O2/c1-2-11-22(12-7-4-3-5-8-12)16(25)24-17(26)23(20-21-24)15-13(18)9-6-10-14(15)19/h3-10H,2,11H2,1H3. The van der Waals surface area contributed by atoms with Gasteiger partial charge in [-0.2, -0.15) is 4.68 Å². The monoisotopic (exact) mass is 359 g/mol. The number of amides is 1. The zero-order valence-electron chi connectivity index (χ0n) is 13.8. The number of carbonyl (C=O) groups excluding carboxylic acids is 1. The van der Waals surface area contributed by atoms with Crippen molar-refractivity contribution < 1.29 is 13.6 Å². The van der Waals surface area contributed by atoms with Crippen molar-refractivity contribution in [1.82, 2.24) is 19.8 Å². The van der Waals surface area contributed by atoms with Gasteiger partial charge in [-0.05, 0) is 41.1 Å². The minimum atomic E-state index is -1.06. The Balaban J connectivity index is 2.04. The number of hydrogen-bond acceptors (Lipinski definition) is 4. The van der Waals surface area contributed by atoms with Crippen molar-refractivity contribution in [3.05, 3.63) is 70.6 Å². The predicted octanol–water partition coefficient (Wildman–Crippen LogP) is 2.59. The summed E-state index contributed by atoms with van der Waals surface area (Å²) in [7, 11) is 0. The number of anilines is 1. The van der Waals surface area contributed by atoms with E-state index in [1.165, 1.54) is 4.90 Å². The van der Waals surface area contributed by atoms with Gasteiger partial charge < -0.3 is 0 Å². The molecule has 7 nitrogen and oxygen atoms in total. The van der Waals surface area contributed by atoms with Crippen molar-refractivity contribution in [2.24, 2.45) is 0 Å². The Morgan fingerprint density at radius 1 is 1.04 bits per heavy atom. The lowest BCUT2D eigenvalue weighted by Crippen LogP contribution is -2.41. The van der Waals surface area contributed by atoms with Gasteiger partial charge in [0.1, 0.15) is 5.69 Å². The van der Waals surface area contributed by atoms with E-state index in [-0.39, 0.29) is 0 Å². The summed E-state index contributed by atoms with van der Waals surface area (Å²) in [5.41, 5.74) is -1.17. The first-order valence-electron chi connectivity index (χ1n) is 7.91. The molecule has 3 aromatic rings. The first-order chi connectivity index (χ1) is 12.5. The minimum Gasteiger partial charge on any atom is -0.292 e. The zero-order valence-corrected chi connectivity index (χ0v) is 13.8. The molecule has 0 bridgehead atoms. The topological polar surface area (TPSA) is 73.0 Å². The summed E-state index contributed by atoms with van der Waals surface area (Å²) in [6.45, 7) is 2.20. The molecule has 0 atom stereocenters. The second-order valence-corrected chi connectivity index (χ2v) is 5.43. The number of halogens is 2. The number of rotatable bonds is 4. The third-order valence-electron chi connectivity index (χ3n) is 3.66. The Hall–Kier alpha value is -3.36. The molecule has 2 aromatic carbocycles. The number of tetrazole rings is 1. The van der Waals surface area contributed by atoms with Crippen LogP contribution in [0.3, 0.4) is 0 Å². The summed E-state index contributed by atoms with van der Waals surface area (Å²) in [5, 5.41) is 6.95. The van der Waals surface area contributed by atoms with E-state index in [1.54, 1.807) is 30.3 Å². The van der Waals surface area contributed by atoms with Crippen LogP contribution in [0.4, 0.5) is 19.3 Å². The molecule has 0 spiro atoms. The van der Waals surface area contributed by atoms with Crippen molar-refractivity contribution in [2.45, 2.75) is 13.3 Å². The molecule has 0 aliphatic heterocycles. The van der Waals surface area contributed by atoms with E-state index in [1.807, 2.05) is 6.92 Å². The maximum absolute atomic E-state index is 13.9. The zero-order chi connectivity index (χ0) is 18.7. The molecule has 0 fully saturated rings. The molecule has 0 saturated carbocycles. The number of nitrogens with zero attached hydrogens (tertiary/aromatic N) is 5. The van der Waals surface area contributed by atoms with E-state index in [4.69, 9.17) is 0 Å². The van der Waals surface area contributed by atoms with Crippen molar-refractivity contribution in [1.29, 1.82) is 0 Å². The fraction of sp³-hybridized carbons (Fsp3) is 0.176. The molecule has 134 valence electrons. The van der Waals surface area contributed by atoms with Crippen LogP contribution in [0.1, 0.15) is 13.3 Å². The molecule has 26 heavy (non-hydrogen) atoms. The summed E-state index contributed by atoms with van der Waals surface area (Å²) in [5.74, 6) is -1.97. The van der Waals surface area contributed by atoms with Gasteiger partial charge in [-0.25, -0.2) is 18.4 Å². The number of aromatic nitrogens is 4. The molecule has 0 aliphatic rings. The second kappa shape index (κ2) is 7.26. The van der Waals surface area contributed by atoms with Gasteiger partial charge in [0.25, 0.3) is 0 Å². The molecular formula is C17H15F2N5O2. The number of para-hydroxylation sites is 2. The Bertz CT molecular complexity index is 964. The second-order valence-electron chi connectivity index (χ2n) is 5.43. The van der Waals surface area contributed by atoms with Crippen molar-refractivity contribution in [3.8, 4) is 5.69 Å². The molecule has 9 heteroatoms. The fourth-order valence-corrected chi connectivity index (χ4v) is 2.48. The average Bonchev–Trinajstić information content (AvgIpc) is 3.01. The van der Waals surface area contributed by atoms with Crippen molar-refractivity contribution in [3.63, 3.8) is 0 Å². The Morgan fingerprint density at radius 2 is 1.69 bits per heavy atom. The van der Waals surface area contributed by atoms with Crippen LogP contribution in [-0.4, -0.2) is 32.4 Å². The summed E-state index contributed by atoms with van der Waals surface area (Å²) in [6, 6.07) is 11.1. The minimum absolute atomic E-state index is 0.330. The number of carbonyl (C=O) groups is 1. The smallest absolute Gasteiger partial charge is 0.292 e. The molecule has 0 radical (unpaired) electrons. The highest BCUT2D eigenvalue weighted by atomic mass is 19.1. The molecule has 3 rings (SSSR count). The van der Waals surface area contributed by atoms with Gasteiger partial charge in [0.05, 0.1) is 0 Å². The van der Waals surface area contributed by atoms with Crippen LogP contribution in [-0.2, 0) is 0 Å². The van der Waals surface area contributed by atoms with E-state index in [0.717, 1.165) is 18.2 Å². The fourth-order valence-electron chi connectivity index (χ4n) is 2.48. The van der Waals surface area contributed by atoms with Crippen LogP contribution in [0.5, 0.6) is 0 Å². The van der Waals surface area contributed by atoms with Gasteiger partial charge in [-0.1, -0.05) is 31.2 Å². The molecule has 1 aromatic heterocycles. The van der Waals surface area contributed by atoms with Crippen LogP contribution >= 0.6 is 0 Å². The Morgan fingerprint density at radius 3 is 2.31 bits per heavy atom. The lowest BCUT2D eigenvalue weighted by Gasteiger charge is -2.20. The highest BCUT2D eigenvalue weighted by Crippen LogP contribution is 2.16. The van der Waals surface area contributed by atoms with Crippen LogP contribution in [0, 0.1) is 11.6 Å². The van der Waals surface area contributed by atoms with Crippen LogP contribution in [0.2, 0.25) is 0 Å². The first-order valence-corrected chi connectivity index (χ1v) is 7.91. The molecular weight excluding hydrogens is 344 g/mol. The maximum Gasteiger partial charge on any atom is 0.377 e. The summed E-state index contributed by atoms with van der Waals surface area (Å²) < 4.78 is 28.7. The van der Waals surface area contributed by atoms with E-state index in [2.05, 4.69) is 10.4 Å². The molecule has 0 saturated heterocycles. The molecule has 1 heterocycles. The normalized spacial score (nSPS) is 10.7. The van der Waals surface area contributed by atoms with Crippen LogP contribution < -0.4 is 10.6 Å². The van der Waals surface area contributed by atoms with Crippen LogP contribution in [0.25, 0.3) is 5.69 Å². The third-order valence-corrected chi connectivity index (χ3v) is 3.66. The van der Waals surface area contributed by atoms with Crippen LogP contribution in [0.15, 0.2) is 53.3 Å². The van der Waals surface area contributed by atoms with Gasteiger partial charge in [0.15, 0.2) is 11.6 Å². The molecule has 0 unspecified atom stereocenters. The Kier molecular flexibility index (Phi) is 4.87. The predicted molar refractivity (Wildman–Crippen MR) is 90.4 cm³/mol. The summed E-state index contributed by atoms with van der Waals surface area (Å²) in [4.78, 5) is 26.6. The SMILES string of the molecule is CCCN(C(=O)n1nnn(-c2c(F)cccc2F)c1=O)c1ccccc1. The third kappa shape index (κ3) is 3.10. The average molecular weight is 359 g/mol. The molecule has 0 aliphatic carbocycles. The van der Waals surface area contributed by atoms with Gasteiger partial charge in [-0.3, -0.25) is 4.90 Å². The van der Waals surface area contributed by atoms with Gasteiger partial charge in [0, 0.05) is 12.2 Å². The number of benzene rings is 2. The van der Waals surface area contributed by atoms with Gasteiger partial charge in [0.2, 0.25) is 0 Å². The lowest BCUT2D eigenvalue weighted by molar-refractivity contribution is 0.243. The van der Waals surface area contributed by atoms with E-state index < -0.39 is 29.0 Å². The Labute approximate surface area is 147 Å². The first kappa shape index (κ1) is 17.5. The summed E-state index contributed by atoms with van der Waals surface area (Å²) in [6.07, 6.45) is 0.630. The van der Waals surface area contributed by atoms with Crippen molar-refractivity contribution >= 4 is 11.7 Å². The molecule has 0 N–H and O–H groups in total. The van der Waals surface area contributed by atoms with E-state index >= 15 is 0 Å². The lowest BCUT2D eigenvalue weighted by atomic mass is 10.3. The van der Waals surface area contributed by atoms with Crippen molar-refractivity contribution in [2.75, 3.05) is 11.4 Å². The maximum atomic E-state index is 13.9. The molecule has 1 amide bonds. The van der Waals surface area contributed by atoms with Gasteiger partial charge >= 0.3 is 11.7 Å². The van der Waals surface area contributed by atoms with E-state index in [9.17, 15) is 18.4 Å².